The zero-order chi connectivity index (χ0) is 17.6. The third-order valence-electron chi connectivity index (χ3n) is 3.75. The predicted octanol–water partition coefficient (Wildman–Crippen LogP) is 1.77. The normalized spacial score (nSPS) is 12.1. The van der Waals surface area contributed by atoms with Crippen molar-refractivity contribution in [2.45, 2.75) is 19.4 Å². The van der Waals surface area contributed by atoms with Crippen LogP contribution in [0.5, 0.6) is 5.75 Å². The summed E-state index contributed by atoms with van der Waals surface area (Å²) in [5.41, 5.74) is 3.50. The van der Waals surface area contributed by atoms with Gasteiger partial charge in [-0.1, -0.05) is 42.5 Å². The summed E-state index contributed by atoms with van der Waals surface area (Å²) in [4.78, 5) is 14.3. The molecule has 0 spiro atoms. The molecule has 0 fully saturated rings. The highest BCUT2D eigenvalue weighted by molar-refractivity contribution is 5.28. The average molecular weight is 341 g/mol. The summed E-state index contributed by atoms with van der Waals surface area (Å²) < 4.78 is 7.14. The molecule has 3 aromatic rings. The molecule has 7 nitrogen and oxygen atoms in total. The highest BCUT2D eigenvalue weighted by atomic mass is 16.5. The summed E-state index contributed by atoms with van der Waals surface area (Å²) >= 11 is 0. The summed E-state index contributed by atoms with van der Waals surface area (Å²) in [6.45, 7) is 0.833. The van der Waals surface area contributed by atoms with Gasteiger partial charge in [-0.05, 0) is 23.3 Å². The number of aliphatic hydroxyl groups excluding tert-OH is 1. The molecule has 1 atom stereocenters. The van der Waals surface area contributed by atoms with E-state index in [4.69, 9.17) is 9.94 Å². The van der Waals surface area contributed by atoms with Crippen LogP contribution in [0.1, 0.15) is 23.0 Å². The first-order chi connectivity index (χ1) is 12.2. The van der Waals surface area contributed by atoms with Gasteiger partial charge in [-0.2, -0.15) is 5.48 Å². The van der Waals surface area contributed by atoms with Gasteiger partial charge in [0.2, 0.25) is 0 Å². The maximum Gasteiger partial charge on any atom is 0.326 e. The molecule has 0 saturated carbocycles. The zero-order valence-electron chi connectivity index (χ0n) is 13.4. The van der Waals surface area contributed by atoms with Crippen LogP contribution >= 0.6 is 0 Å². The maximum atomic E-state index is 11.9. The number of H-pyrrole nitrogens is 1. The number of aliphatic hydroxyl groups is 1. The Morgan fingerprint density at radius 2 is 1.80 bits per heavy atom. The van der Waals surface area contributed by atoms with E-state index >= 15 is 0 Å². The van der Waals surface area contributed by atoms with Crippen LogP contribution in [-0.4, -0.2) is 19.9 Å². The number of hydroxylamine groups is 1. The second-order valence-electron chi connectivity index (χ2n) is 5.59. The minimum Gasteiger partial charge on any atom is -0.489 e. The number of aromatic amines is 1. The molecular formula is C18H19N3O4. The lowest BCUT2D eigenvalue weighted by Gasteiger charge is -2.08. The minimum atomic E-state index is -1.33. The Bertz CT molecular complexity index is 856. The SMILES string of the molecule is O=c1[nH]c(C(O)NO)cn1Cc1ccc(OCc2ccccc2)cc1. The predicted molar refractivity (Wildman–Crippen MR) is 91.3 cm³/mol. The van der Waals surface area contributed by atoms with Gasteiger partial charge in [-0.25, -0.2) is 4.79 Å². The van der Waals surface area contributed by atoms with Gasteiger partial charge in [-0.15, -0.1) is 0 Å². The first-order valence-electron chi connectivity index (χ1n) is 7.78. The molecule has 130 valence electrons. The molecule has 1 heterocycles. The number of imidazole rings is 1. The van der Waals surface area contributed by atoms with Gasteiger partial charge < -0.3 is 20.0 Å². The number of ether oxygens (including phenoxy) is 1. The van der Waals surface area contributed by atoms with Crippen LogP contribution in [-0.2, 0) is 13.2 Å². The summed E-state index contributed by atoms with van der Waals surface area (Å²) in [5, 5.41) is 18.2. The van der Waals surface area contributed by atoms with Crippen LogP contribution in [0.2, 0.25) is 0 Å². The van der Waals surface area contributed by atoms with Gasteiger partial charge in [0, 0.05) is 6.20 Å². The van der Waals surface area contributed by atoms with Crippen molar-refractivity contribution in [3.63, 3.8) is 0 Å². The number of rotatable bonds is 7. The topological polar surface area (TPSA) is 99.5 Å². The third kappa shape index (κ3) is 4.36. The lowest BCUT2D eigenvalue weighted by molar-refractivity contribution is -0.00174. The average Bonchev–Trinajstić information content (AvgIpc) is 3.02. The van der Waals surface area contributed by atoms with Crippen molar-refractivity contribution in [1.29, 1.82) is 0 Å². The van der Waals surface area contributed by atoms with Gasteiger partial charge >= 0.3 is 5.69 Å². The molecule has 0 amide bonds. The lowest BCUT2D eigenvalue weighted by atomic mass is 10.2. The molecule has 1 aromatic heterocycles. The van der Waals surface area contributed by atoms with Crippen molar-refractivity contribution in [1.82, 2.24) is 15.0 Å². The molecule has 0 saturated heterocycles. The molecule has 3 rings (SSSR count). The second-order valence-corrected chi connectivity index (χ2v) is 5.59. The number of nitrogens with one attached hydrogen (secondary N) is 2. The summed E-state index contributed by atoms with van der Waals surface area (Å²) in [7, 11) is 0. The van der Waals surface area contributed by atoms with E-state index in [2.05, 4.69) is 4.98 Å². The fraction of sp³-hybridized carbons (Fsp3) is 0.167. The maximum absolute atomic E-state index is 11.9. The van der Waals surface area contributed by atoms with Crippen molar-refractivity contribution >= 4 is 0 Å². The number of hydrogen-bond donors (Lipinski definition) is 4. The Morgan fingerprint density at radius 3 is 2.48 bits per heavy atom. The van der Waals surface area contributed by atoms with Gasteiger partial charge in [-0.3, -0.25) is 4.57 Å². The largest absolute Gasteiger partial charge is 0.489 e. The quantitative estimate of drug-likeness (QED) is 0.388. The minimum absolute atomic E-state index is 0.190. The van der Waals surface area contributed by atoms with Gasteiger partial charge in [0.05, 0.1) is 12.2 Å². The van der Waals surface area contributed by atoms with Gasteiger partial charge in [0.15, 0.2) is 6.23 Å². The lowest BCUT2D eigenvalue weighted by Crippen LogP contribution is -2.18. The fourth-order valence-electron chi connectivity index (χ4n) is 2.41. The van der Waals surface area contributed by atoms with Gasteiger partial charge in [0.25, 0.3) is 0 Å². The summed E-state index contributed by atoms with van der Waals surface area (Å²) in [5.74, 6) is 0.745. The summed E-state index contributed by atoms with van der Waals surface area (Å²) in [6, 6.07) is 17.3. The molecule has 0 bridgehead atoms. The van der Waals surface area contributed by atoms with Crippen molar-refractivity contribution in [3.8, 4) is 5.75 Å². The van der Waals surface area contributed by atoms with E-state index in [-0.39, 0.29) is 11.4 Å². The summed E-state index contributed by atoms with van der Waals surface area (Å²) in [6.07, 6.45) is 0.124. The van der Waals surface area contributed by atoms with Crippen molar-refractivity contribution in [3.05, 3.63) is 88.1 Å². The van der Waals surface area contributed by atoms with E-state index in [0.29, 0.717) is 13.2 Å². The van der Waals surface area contributed by atoms with Crippen LogP contribution in [0.4, 0.5) is 0 Å². The van der Waals surface area contributed by atoms with Crippen molar-refractivity contribution in [2.24, 2.45) is 0 Å². The fourth-order valence-corrected chi connectivity index (χ4v) is 2.41. The molecule has 1 unspecified atom stereocenters. The standard InChI is InChI=1S/C18H19N3O4/c22-17(20-24)16-11-21(18(23)19-16)10-13-6-8-15(9-7-13)25-12-14-4-2-1-3-5-14/h1-9,11,17,20,22,24H,10,12H2,(H,19,23). The molecule has 7 heteroatoms. The first kappa shape index (κ1) is 17.0. The van der Waals surface area contributed by atoms with Crippen LogP contribution in [0.15, 0.2) is 65.6 Å². The van der Waals surface area contributed by atoms with E-state index in [0.717, 1.165) is 16.9 Å². The Labute approximate surface area is 144 Å². The molecule has 0 radical (unpaired) electrons. The molecular weight excluding hydrogens is 322 g/mol. The molecule has 25 heavy (non-hydrogen) atoms. The zero-order valence-corrected chi connectivity index (χ0v) is 13.4. The molecule has 0 aliphatic carbocycles. The van der Waals surface area contributed by atoms with Crippen molar-refractivity contribution in [2.75, 3.05) is 0 Å². The Kier molecular flexibility index (Phi) is 5.30. The van der Waals surface area contributed by atoms with Crippen LogP contribution < -0.4 is 15.9 Å². The monoisotopic (exact) mass is 341 g/mol. The van der Waals surface area contributed by atoms with Crippen molar-refractivity contribution < 1.29 is 15.1 Å². The number of benzene rings is 2. The molecule has 0 aliphatic heterocycles. The van der Waals surface area contributed by atoms with Gasteiger partial charge in [0.1, 0.15) is 12.4 Å². The van der Waals surface area contributed by atoms with E-state index in [9.17, 15) is 9.90 Å². The smallest absolute Gasteiger partial charge is 0.326 e. The highest BCUT2D eigenvalue weighted by Crippen LogP contribution is 2.15. The van der Waals surface area contributed by atoms with E-state index in [1.165, 1.54) is 10.8 Å². The van der Waals surface area contributed by atoms with E-state index in [1.54, 1.807) is 5.48 Å². The number of aromatic nitrogens is 2. The highest BCUT2D eigenvalue weighted by Gasteiger charge is 2.11. The molecule has 4 N–H and O–H groups in total. The van der Waals surface area contributed by atoms with Crippen LogP contribution in [0, 0.1) is 0 Å². The molecule has 2 aromatic carbocycles. The van der Waals surface area contributed by atoms with E-state index < -0.39 is 6.23 Å². The van der Waals surface area contributed by atoms with E-state index in [1.807, 2.05) is 54.6 Å². The van der Waals surface area contributed by atoms with Crippen LogP contribution in [0.3, 0.4) is 0 Å². The number of nitrogens with zero attached hydrogens (tertiary/aromatic N) is 1. The Morgan fingerprint density at radius 1 is 1.08 bits per heavy atom. The number of hydrogen-bond acceptors (Lipinski definition) is 5. The third-order valence-corrected chi connectivity index (χ3v) is 3.75. The Hall–Kier alpha value is -2.87. The van der Waals surface area contributed by atoms with Crippen LogP contribution in [0.25, 0.3) is 0 Å². The first-order valence-corrected chi connectivity index (χ1v) is 7.78. The molecule has 0 aliphatic rings. The Balaban J connectivity index is 1.63. The second kappa shape index (κ2) is 7.80.